The second kappa shape index (κ2) is 8.92. The smallest absolute Gasteiger partial charge is 0.243 e. The number of nitrogens with zero attached hydrogens (tertiary/aromatic N) is 1. The first kappa shape index (κ1) is 22.1. The zero-order valence-electron chi connectivity index (χ0n) is 18.7. The Labute approximate surface area is 191 Å². The van der Waals surface area contributed by atoms with Crippen LogP contribution in [0.5, 0.6) is 0 Å². The quantitative estimate of drug-likeness (QED) is 0.635. The van der Waals surface area contributed by atoms with Gasteiger partial charge in [-0.05, 0) is 91.9 Å². The number of carbonyl (C=O) groups excluding carboxylic acids is 1. The molecule has 6 rings (SSSR count). The van der Waals surface area contributed by atoms with E-state index < -0.39 is 10.0 Å². The Kier molecular flexibility index (Phi) is 6.16. The number of morpholine rings is 1. The van der Waals surface area contributed by atoms with Gasteiger partial charge < -0.3 is 10.1 Å². The molecular weight excluding hydrogens is 424 g/mol. The van der Waals surface area contributed by atoms with Crippen LogP contribution >= 0.6 is 0 Å². The zero-order valence-corrected chi connectivity index (χ0v) is 19.5. The number of amides is 1. The third-order valence-corrected chi connectivity index (χ3v) is 9.95. The van der Waals surface area contributed by atoms with Crippen LogP contribution in [0.15, 0.2) is 35.2 Å². The molecule has 5 fully saturated rings. The predicted octanol–water partition coefficient (Wildman–Crippen LogP) is 3.44. The van der Waals surface area contributed by atoms with E-state index in [1.54, 1.807) is 36.4 Å². The second-order valence-electron chi connectivity index (χ2n) is 10.4. The number of ether oxygens (including phenoxy) is 1. The summed E-state index contributed by atoms with van der Waals surface area (Å²) in [6, 6.07) is 6.70. The third kappa shape index (κ3) is 4.66. The number of sulfonamides is 1. The van der Waals surface area contributed by atoms with E-state index in [9.17, 15) is 13.2 Å². The molecule has 1 amide bonds. The van der Waals surface area contributed by atoms with Crippen molar-refractivity contribution in [3.05, 3.63) is 35.9 Å². The summed E-state index contributed by atoms with van der Waals surface area (Å²) in [5.74, 6) is 2.73. The molecular formula is C25H34N2O4S. The molecule has 0 spiro atoms. The normalized spacial score (nSPS) is 32.4. The van der Waals surface area contributed by atoms with Crippen LogP contribution in [0, 0.1) is 23.2 Å². The lowest BCUT2D eigenvalue weighted by atomic mass is 9.49. The first-order valence-electron chi connectivity index (χ1n) is 12.1. The molecule has 1 N–H and O–H groups in total. The van der Waals surface area contributed by atoms with Crippen LogP contribution in [0.1, 0.15) is 50.5 Å². The van der Waals surface area contributed by atoms with Crippen LogP contribution in [0.25, 0.3) is 6.08 Å². The highest BCUT2D eigenvalue weighted by Gasteiger charge is 2.50. The molecule has 4 bridgehead atoms. The van der Waals surface area contributed by atoms with Crippen molar-refractivity contribution in [2.75, 3.05) is 32.8 Å². The SMILES string of the molecule is O=C(/C=C/c1ccc(S(=O)(=O)N2CCOCC2)cc1)NCCC12CC3CC(CC(C3)C1)C2. The maximum absolute atomic E-state index is 12.7. The molecule has 1 saturated heterocycles. The predicted molar refractivity (Wildman–Crippen MR) is 123 cm³/mol. The van der Waals surface area contributed by atoms with Crippen LogP contribution in [0.3, 0.4) is 0 Å². The molecule has 0 unspecified atom stereocenters. The van der Waals surface area contributed by atoms with Gasteiger partial charge >= 0.3 is 0 Å². The fraction of sp³-hybridized carbons (Fsp3) is 0.640. The van der Waals surface area contributed by atoms with E-state index in [4.69, 9.17) is 4.74 Å². The van der Waals surface area contributed by atoms with Gasteiger partial charge in [-0.3, -0.25) is 4.79 Å². The summed E-state index contributed by atoms with van der Waals surface area (Å²) in [5, 5.41) is 3.07. The fourth-order valence-electron chi connectivity index (χ4n) is 6.96. The summed E-state index contributed by atoms with van der Waals surface area (Å²) in [4.78, 5) is 12.6. The maximum Gasteiger partial charge on any atom is 0.243 e. The first-order valence-corrected chi connectivity index (χ1v) is 13.5. The Morgan fingerprint density at radius 1 is 1.03 bits per heavy atom. The second-order valence-corrected chi connectivity index (χ2v) is 12.3. The molecule has 1 aromatic carbocycles. The van der Waals surface area contributed by atoms with Gasteiger partial charge in [-0.15, -0.1) is 0 Å². The molecule has 32 heavy (non-hydrogen) atoms. The largest absolute Gasteiger partial charge is 0.379 e. The number of benzene rings is 1. The summed E-state index contributed by atoms with van der Waals surface area (Å²) in [6.45, 7) is 2.36. The minimum atomic E-state index is -3.49. The average molecular weight is 459 g/mol. The molecule has 5 aliphatic rings. The van der Waals surface area contributed by atoms with Gasteiger partial charge in [-0.1, -0.05) is 12.1 Å². The minimum Gasteiger partial charge on any atom is -0.379 e. The number of hydrogen-bond acceptors (Lipinski definition) is 4. The molecule has 174 valence electrons. The topological polar surface area (TPSA) is 75.7 Å². The van der Waals surface area contributed by atoms with E-state index in [0.717, 1.165) is 36.3 Å². The third-order valence-electron chi connectivity index (χ3n) is 8.03. The number of nitrogens with one attached hydrogen (secondary N) is 1. The number of carbonyl (C=O) groups is 1. The van der Waals surface area contributed by atoms with E-state index in [2.05, 4.69) is 5.32 Å². The minimum absolute atomic E-state index is 0.0836. The van der Waals surface area contributed by atoms with E-state index >= 15 is 0 Å². The summed E-state index contributed by atoms with van der Waals surface area (Å²) in [7, 11) is -3.49. The molecule has 4 saturated carbocycles. The van der Waals surface area contributed by atoms with Gasteiger partial charge in [0.05, 0.1) is 18.1 Å². The van der Waals surface area contributed by atoms with Crippen molar-refractivity contribution in [2.45, 2.75) is 49.8 Å². The average Bonchev–Trinajstić information content (AvgIpc) is 2.77. The van der Waals surface area contributed by atoms with Gasteiger partial charge in [-0.25, -0.2) is 8.42 Å². The Morgan fingerprint density at radius 3 is 2.22 bits per heavy atom. The fourth-order valence-corrected chi connectivity index (χ4v) is 8.37. The molecule has 0 aromatic heterocycles. The van der Waals surface area contributed by atoms with Crippen molar-refractivity contribution in [1.82, 2.24) is 9.62 Å². The lowest BCUT2D eigenvalue weighted by Gasteiger charge is -2.57. The van der Waals surface area contributed by atoms with Gasteiger partial charge in [-0.2, -0.15) is 4.31 Å². The molecule has 6 nitrogen and oxygen atoms in total. The summed E-state index contributed by atoms with van der Waals surface area (Å²) in [5.41, 5.74) is 1.29. The van der Waals surface area contributed by atoms with Gasteiger partial charge in [0.25, 0.3) is 0 Å². The van der Waals surface area contributed by atoms with Crippen molar-refractivity contribution in [1.29, 1.82) is 0 Å². The Balaban J connectivity index is 1.12. The lowest BCUT2D eigenvalue weighted by Crippen LogP contribution is -2.47. The Hall–Kier alpha value is -1.70. The number of rotatable bonds is 7. The molecule has 1 heterocycles. The monoisotopic (exact) mass is 458 g/mol. The highest BCUT2D eigenvalue weighted by molar-refractivity contribution is 7.89. The van der Waals surface area contributed by atoms with E-state index in [-0.39, 0.29) is 10.8 Å². The molecule has 4 aliphatic carbocycles. The Morgan fingerprint density at radius 2 is 1.62 bits per heavy atom. The lowest BCUT2D eigenvalue weighted by molar-refractivity contribution is -0.116. The molecule has 0 atom stereocenters. The van der Waals surface area contributed by atoms with Crippen molar-refractivity contribution < 1.29 is 17.9 Å². The molecule has 1 aromatic rings. The Bertz CT molecular complexity index is 929. The standard InChI is InChI=1S/C25H34N2O4S/c28-24(26-8-7-25-16-20-13-21(17-25)15-22(14-20)18-25)6-3-19-1-4-23(5-2-19)32(29,30)27-9-11-31-12-10-27/h1-6,20-22H,7-18H2,(H,26,28)/b6-3+. The van der Waals surface area contributed by atoms with Crippen LogP contribution < -0.4 is 5.32 Å². The summed E-state index contributed by atoms with van der Waals surface area (Å²) >= 11 is 0. The highest BCUT2D eigenvalue weighted by atomic mass is 32.2. The number of hydrogen-bond donors (Lipinski definition) is 1. The van der Waals surface area contributed by atoms with Crippen LogP contribution in [-0.4, -0.2) is 51.5 Å². The van der Waals surface area contributed by atoms with E-state index in [0.29, 0.717) is 31.7 Å². The van der Waals surface area contributed by atoms with Gasteiger partial charge in [0.1, 0.15) is 0 Å². The first-order chi connectivity index (χ1) is 15.4. The van der Waals surface area contributed by atoms with Crippen molar-refractivity contribution in [2.24, 2.45) is 23.2 Å². The van der Waals surface area contributed by atoms with Gasteiger partial charge in [0, 0.05) is 25.7 Å². The van der Waals surface area contributed by atoms with Crippen LogP contribution in [0.4, 0.5) is 0 Å². The molecule has 7 heteroatoms. The van der Waals surface area contributed by atoms with Gasteiger partial charge in [0.15, 0.2) is 0 Å². The maximum atomic E-state index is 12.7. The van der Waals surface area contributed by atoms with Crippen LogP contribution in [0.2, 0.25) is 0 Å². The van der Waals surface area contributed by atoms with E-state index in [1.165, 1.54) is 42.8 Å². The molecule has 1 aliphatic heterocycles. The van der Waals surface area contributed by atoms with Crippen molar-refractivity contribution in [3.8, 4) is 0 Å². The molecule has 0 radical (unpaired) electrons. The summed E-state index contributed by atoms with van der Waals surface area (Å²) in [6.07, 6.45) is 12.8. The van der Waals surface area contributed by atoms with Gasteiger partial charge in [0.2, 0.25) is 15.9 Å². The van der Waals surface area contributed by atoms with Crippen LogP contribution in [-0.2, 0) is 19.6 Å². The highest BCUT2D eigenvalue weighted by Crippen LogP contribution is 2.61. The van der Waals surface area contributed by atoms with Crippen molar-refractivity contribution in [3.63, 3.8) is 0 Å². The van der Waals surface area contributed by atoms with E-state index in [1.807, 2.05) is 0 Å². The van der Waals surface area contributed by atoms with Crippen molar-refractivity contribution >= 4 is 22.0 Å². The summed E-state index contributed by atoms with van der Waals surface area (Å²) < 4.78 is 32.1. The zero-order chi connectivity index (χ0) is 22.2.